The molecule has 2 aliphatic rings. The molecule has 2 heterocycles. The van der Waals surface area contributed by atoms with Crippen molar-refractivity contribution in [3.63, 3.8) is 0 Å². The molecule has 1 aliphatic carbocycles. The second kappa shape index (κ2) is 21.0. The van der Waals surface area contributed by atoms with Crippen molar-refractivity contribution >= 4 is 23.5 Å². The molecule has 1 saturated carbocycles. The number of anilines is 3. The first kappa shape index (κ1) is 37.6. The Bertz CT molecular complexity index is 1240. The number of likely N-dealkylation sites (tertiary alicyclic amines) is 1. The zero-order chi connectivity index (χ0) is 34.0. The van der Waals surface area contributed by atoms with Crippen LogP contribution in [-0.4, -0.2) is 117 Å². The smallest absolute Gasteiger partial charge is 0.244 e. The van der Waals surface area contributed by atoms with E-state index < -0.39 is 5.82 Å². The van der Waals surface area contributed by atoms with Gasteiger partial charge in [0, 0.05) is 24.2 Å². The Balaban J connectivity index is 1.27. The number of hydrogen-bond acceptors (Lipinski definition) is 13. The highest BCUT2D eigenvalue weighted by Crippen LogP contribution is 2.31. The second-order valence-corrected chi connectivity index (χ2v) is 11.9. The Hall–Kier alpha value is -3.21. The summed E-state index contributed by atoms with van der Waals surface area (Å²) in [5.41, 5.74) is 0.480. The van der Waals surface area contributed by atoms with Gasteiger partial charge in [0.1, 0.15) is 5.82 Å². The molecule has 14 nitrogen and oxygen atoms in total. The van der Waals surface area contributed by atoms with E-state index in [0.29, 0.717) is 83.4 Å². The molecule has 1 aliphatic heterocycles. The molecule has 0 radical (unpaired) electrons. The number of rotatable bonds is 21. The van der Waals surface area contributed by atoms with Crippen LogP contribution in [0, 0.1) is 5.82 Å². The molecule has 4 rings (SSSR count). The zero-order valence-corrected chi connectivity index (χ0v) is 28.1. The molecule has 2 aromatic rings. The van der Waals surface area contributed by atoms with Gasteiger partial charge in [-0.3, -0.25) is 9.80 Å². The van der Waals surface area contributed by atoms with E-state index in [1.54, 1.807) is 12.1 Å². The van der Waals surface area contributed by atoms with Crippen LogP contribution < -0.4 is 20.9 Å². The van der Waals surface area contributed by atoms with Gasteiger partial charge in [-0.25, -0.2) is 10.2 Å². The van der Waals surface area contributed by atoms with Crippen molar-refractivity contribution in [2.24, 2.45) is 5.84 Å². The number of nitrogens with two attached hydrogens (primary N) is 1. The first-order valence-corrected chi connectivity index (χ1v) is 17.1. The first-order chi connectivity index (χ1) is 23.5. The van der Waals surface area contributed by atoms with Crippen LogP contribution in [0.5, 0.6) is 5.75 Å². The van der Waals surface area contributed by atoms with Gasteiger partial charge < -0.3 is 39.0 Å². The fourth-order valence-electron chi connectivity index (χ4n) is 5.95. The summed E-state index contributed by atoms with van der Waals surface area (Å²) in [6, 6.07) is 4.49. The molecule has 1 aromatic heterocycles. The first-order valence-electron chi connectivity index (χ1n) is 17.1. The van der Waals surface area contributed by atoms with Gasteiger partial charge in [0.15, 0.2) is 11.6 Å². The zero-order valence-electron chi connectivity index (χ0n) is 28.1. The lowest BCUT2D eigenvalue weighted by Gasteiger charge is -2.29. The van der Waals surface area contributed by atoms with Gasteiger partial charge in [-0.15, -0.1) is 0 Å². The molecule has 1 unspecified atom stereocenters. The quantitative estimate of drug-likeness (QED) is 0.0763. The van der Waals surface area contributed by atoms with Gasteiger partial charge in [-0.1, -0.05) is 25.7 Å². The van der Waals surface area contributed by atoms with E-state index in [-0.39, 0.29) is 42.6 Å². The van der Waals surface area contributed by atoms with Gasteiger partial charge in [-0.2, -0.15) is 15.0 Å². The third kappa shape index (κ3) is 12.3. The maximum absolute atomic E-state index is 14.4. The van der Waals surface area contributed by atoms with Crippen LogP contribution in [0.1, 0.15) is 69.5 Å². The number of ether oxygens (including phenoxy) is 5. The number of nitrogens with zero attached hydrogens (tertiary/aromatic N) is 5. The number of hydrogen-bond donors (Lipinski definition) is 3. The van der Waals surface area contributed by atoms with Gasteiger partial charge >= 0.3 is 0 Å². The summed E-state index contributed by atoms with van der Waals surface area (Å²) in [5.74, 6) is 7.71. The summed E-state index contributed by atoms with van der Waals surface area (Å²) in [6.07, 6.45) is 8.55. The van der Waals surface area contributed by atoms with Crippen molar-refractivity contribution in [1.29, 1.82) is 0 Å². The topological polar surface area (TPSA) is 167 Å². The predicted molar refractivity (Wildman–Crippen MR) is 178 cm³/mol. The van der Waals surface area contributed by atoms with Crippen molar-refractivity contribution in [3.05, 3.63) is 29.8 Å². The normalized spacial score (nSPS) is 17.0. The number of methoxy groups -OCH3 is 1. The Morgan fingerprint density at radius 1 is 0.938 bits per heavy atom. The lowest BCUT2D eigenvalue weighted by Crippen LogP contribution is -2.47. The van der Waals surface area contributed by atoms with Gasteiger partial charge in [0.25, 0.3) is 0 Å². The number of halogens is 1. The molecule has 4 N–H and O–H groups in total. The summed E-state index contributed by atoms with van der Waals surface area (Å²) in [4.78, 5) is 29.1. The minimum atomic E-state index is -0.495. The van der Waals surface area contributed by atoms with Crippen LogP contribution in [0.2, 0.25) is 0 Å². The standard InChI is InChI=1S/C33H52FN7O7/c1-44-29-11-10-26(23-28(29)34)36-32-37-31(25-7-4-2-3-5-8-25)38-33(39-32)41(35)24-27-9-6-13-40(27)30(43)12-15-45-17-19-47-21-22-48-20-18-46-16-14-42/h10-11,23,25,27,42H,2-9,12-22,24,35H2,1H3,(H,36,37,38,39). The van der Waals surface area contributed by atoms with E-state index in [4.69, 9.17) is 44.6 Å². The van der Waals surface area contributed by atoms with E-state index in [1.165, 1.54) is 31.0 Å². The van der Waals surface area contributed by atoms with Crippen LogP contribution in [-0.2, 0) is 23.7 Å². The van der Waals surface area contributed by atoms with Crippen LogP contribution in [0.4, 0.5) is 22.0 Å². The third-order valence-electron chi connectivity index (χ3n) is 8.44. The highest BCUT2D eigenvalue weighted by molar-refractivity contribution is 5.77. The lowest BCUT2D eigenvalue weighted by molar-refractivity contribution is -0.133. The van der Waals surface area contributed by atoms with Crippen LogP contribution in [0.25, 0.3) is 0 Å². The Kier molecular flexibility index (Phi) is 16.5. The van der Waals surface area contributed by atoms with Gasteiger partial charge in [0.2, 0.25) is 17.8 Å². The third-order valence-corrected chi connectivity index (χ3v) is 8.44. The molecule has 1 atom stereocenters. The number of carbonyl (C=O) groups is 1. The van der Waals surface area contributed by atoms with E-state index in [2.05, 4.69) is 10.3 Å². The van der Waals surface area contributed by atoms with E-state index in [0.717, 1.165) is 38.5 Å². The molecule has 2 fully saturated rings. The number of aliphatic hydroxyl groups is 1. The molecule has 48 heavy (non-hydrogen) atoms. The molecule has 1 aromatic carbocycles. The minimum Gasteiger partial charge on any atom is -0.494 e. The lowest BCUT2D eigenvalue weighted by atomic mass is 10.00. The second-order valence-electron chi connectivity index (χ2n) is 11.9. The molecule has 1 amide bonds. The Labute approximate surface area is 282 Å². The highest BCUT2D eigenvalue weighted by Gasteiger charge is 2.30. The molecule has 268 valence electrons. The number of amides is 1. The largest absolute Gasteiger partial charge is 0.494 e. The molecule has 0 spiro atoms. The van der Waals surface area contributed by atoms with Crippen molar-refractivity contribution in [3.8, 4) is 5.75 Å². The average Bonchev–Trinajstić information content (AvgIpc) is 3.37. The summed E-state index contributed by atoms with van der Waals surface area (Å²) >= 11 is 0. The fraction of sp³-hybridized carbons (Fsp3) is 0.697. The molecule has 15 heteroatoms. The van der Waals surface area contributed by atoms with Crippen LogP contribution in [0.3, 0.4) is 0 Å². The molecular weight excluding hydrogens is 625 g/mol. The number of hydrazine groups is 1. The monoisotopic (exact) mass is 677 g/mol. The van der Waals surface area contributed by atoms with Crippen molar-refractivity contribution < 1.29 is 38.0 Å². The maximum Gasteiger partial charge on any atom is 0.244 e. The van der Waals surface area contributed by atoms with E-state index >= 15 is 0 Å². The Morgan fingerprint density at radius 3 is 2.25 bits per heavy atom. The number of nitrogens with one attached hydrogen (secondary N) is 1. The van der Waals surface area contributed by atoms with E-state index in [9.17, 15) is 9.18 Å². The molecular formula is C33H52FN7O7. The summed E-state index contributed by atoms with van der Waals surface area (Å²) in [5, 5.41) is 13.3. The average molecular weight is 678 g/mol. The van der Waals surface area contributed by atoms with Gasteiger partial charge in [-0.05, 0) is 37.8 Å². The van der Waals surface area contributed by atoms with Crippen molar-refractivity contribution in [2.45, 2.75) is 69.7 Å². The SMILES string of the molecule is COc1ccc(Nc2nc(C3CCCCCC3)nc(N(N)CC3CCCN3C(=O)CCOCCOCCOCCOCCO)n2)cc1F. The minimum absolute atomic E-state index is 0.0000796. The van der Waals surface area contributed by atoms with Crippen molar-refractivity contribution in [1.82, 2.24) is 19.9 Å². The number of carbonyl (C=O) groups excluding carboxylic acids is 1. The molecule has 1 saturated heterocycles. The van der Waals surface area contributed by atoms with E-state index in [1.807, 2.05) is 4.90 Å². The fourth-order valence-corrected chi connectivity index (χ4v) is 5.95. The predicted octanol–water partition coefficient (Wildman–Crippen LogP) is 3.32. The van der Waals surface area contributed by atoms with Crippen LogP contribution in [0.15, 0.2) is 18.2 Å². The van der Waals surface area contributed by atoms with Gasteiger partial charge in [0.05, 0.1) is 85.6 Å². The Morgan fingerprint density at radius 2 is 1.60 bits per heavy atom. The number of benzene rings is 1. The molecule has 0 bridgehead atoms. The summed E-state index contributed by atoms with van der Waals surface area (Å²) < 4.78 is 41.1. The highest BCUT2D eigenvalue weighted by atomic mass is 19.1. The maximum atomic E-state index is 14.4. The van der Waals surface area contributed by atoms with Crippen LogP contribution >= 0.6 is 0 Å². The summed E-state index contributed by atoms with van der Waals surface area (Å²) in [7, 11) is 1.42. The summed E-state index contributed by atoms with van der Waals surface area (Å²) in [6.45, 7) is 4.19. The number of aliphatic hydroxyl groups excluding tert-OH is 1. The van der Waals surface area contributed by atoms with Crippen molar-refractivity contribution in [2.75, 3.05) is 90.0 Å². The number of aromatic nitrogens is 3.